The van der Waals surface area contributed by atoms with Crippen molar-refractivity contribution < 1.29 is 23.9 Å². The van der Waals surface area contributed by atoms with E-state index in [1.807, 2.05) is 84.3 Å². The second-order valence-electron chi connectivity index (χ2n) is 11.2. The first-order valence-corrected chi connectivity index (χ1v) is 16.7. The van der Waals surface area contributed by atoms with E-state index >= 15 is 0 Å². The molecule has 6 aromatic rings. The Hall–Kier alpha value is -5.80. The van der Waals surface area contributed by atoms with Crippen molar-refractivity contribution in [3.63, 3.8) is 0 Å². The van der Waals surface area contributed by atoms with Gasteiger partial charge in [0.1, 0.15) is 17.2 Å². The summed E-state index contributed by atoms with van der Waals surface area (Å²) in [6, 6.07) is 37.1. The molecule has 6 rings (SSSR count). The number of nitrogens with zero attached hydrogens (tertiary/aromatic N) is 1. The molecular formula is C40H35N3O5S. The van der Waals surface area contributed by atoms with Gasteiger partial charge in [-0.05, 0) is 67.1 Å². The summed E-state index contributed by atoms with van der Waals surface area (Å²) in [7, 11) is 3.08. The SMILES string of the molecule is CCC(Sc1cccc(NC(=O)/C(=C\c2ccc(OC)cc2OC)NC(=O)c2ccccc2)c1)C(=O)n1c2ccccc2c2ccccc21. The van der Waals surface area contributed by atoms with Gasteiger partial charge in [-0.15, -0.1) is 11.8 Å². The summed E-state index contributed by atoms with van der Waals surface area (Å²) in [5.74, 6) is 0.0765. The number of hydrogen-bond acceptors (Lipinski definition) is 6. The Kier molecular flexibility index (Phi) is 10.1. The van der Waals surface area contributed by atoms with Crippen molar-refractivity contribution in [2.75, 3.05) is 19.5 Å². The van der Waals surface area contributed by atoms with Gasteiger partial charge in [-0.3, -0.25) is 19.0 Å². The smallest absolute Gasteiger partial charge is 0.272 e. The molecule has 1 aromatic heterocycles. The van der Waals surface area contributed by atoms with E-state index < -0.39 is 11.8 Å². The predicted molar refractivity (Wildman–Crippen MR) is 197 cm³/mol. The van der Waals surface area contributed by atoms with Crippen LogP contribution in [0.4, 0.5) is 5.69 Å². The summed E-state index contributed by atoms with van der Waals surface area (Å²) >= 11 is 1.45. The quantitative estimate of drug-likeness (QED) is 0.106. The van der Waals surface area contributed by atoms with E-state index in [-0.39, 0.29) is 16.9 Å². The number of carbonyl (C=O) groups excluding carboxylic acids is 3. The molecule has 1 atom stereocenters. The van der Waals surface area contributed by atoms with Crippen molar-refractivity contribution >= 4 is 63.1 Å². The Morgan fingerprint density at radius 2 is 1.45 bits per heavy atom. The van der Waals surface area contributed by atoms with Crippen LogP contribution in [0.3, 0.4) is 0 Å². The second-order valence-corrected chi connectivity index (χ2v) is 12.5. The fraction of sp³-hybridized carbons (Fsp3) is 0.125. The van der Waals surface area contributed by atoms with Gasteiger partial charge in [0.15, 0.2) is 0 Å². The van der Waals surface area contributed by atoms with Gasteiger partial charge >= 0.3 is 0 Å². The maximum absolute atomic E-state index is 14.1. The molecular weight excluding hydrogens is 635 g/mol. The van der Waals surface area contributed by atoms with Gasteiger partial charge in [0.05, 0.1) is 30.5 Å². The lowest BCUT2D eigenvalue weighted by Crippen LogP contribution is -2.30. The number of amides is 2. The van der Waals surface area contributed by atoms with Crippen molar-refractivity contribution in [1.82, 2.24) is 9.88 Å². The number of benzene rings is 5. The van der Waals surface area contributed by atoms with Gasteiger partial charge in [-0.1, -0.05) is 67.6 Å². The van der Waals surface area contributed by atoms with Crippen LogP contribution in [0.25, 0.3) is 27.9 Å². The van der Waals surface area contributed by atoms with Crippen molar-refractivity contribution in [2.45, 2.75) is 23.5 Å². The van der Waals surface area contributed by atoms with Crippen molar-refractivity contribution in [3.8, 4) is 11.5 Å². The fourth-order valence-corrected chi connectivity index (χ4v) is 6.71. The first-order chi connectivity index (χ1) is 23.9. The summed E-state index contributed by atoms with van der Waals surface area (Å²) in [5.41, 5.74) is 3.25. The number of anilines is 1. The minimum atomic E-state index is -0.530. The van der Waals surface area contributed by atoms with E-state index in [4.69, 9.17) is 9.47 Å². The van der Waals surface area contributed by atoms with Gasteiger partial charge in [-0.2, -0.15) is 0 Å². The average molecular weight is 670 g/mol. The number of methoxy groups -OCH3 is 2. The van der Waals surface area contributed by atoms with Crippen LogP contribution in [0.2, 0.25) is 0 Å². The van der Waals surface area contributed by atoms with Crippen LogP contribution in [-0.4, -0.2) is 41.8 Å². The number of hydrogen-bond donors (Lipinski definition) is 2. The topological polar surface area (TPSA) is 98.7 Å². The number of carbonyl (C=O) groups is 3. The number of thioether (sulfide) groups is 1. The molecule has 0 radical (unpaired) electrons. The molecule has 0 bridgehead atoms. The molecule has 0 fully saturated rings. The fourth-order valence-electron chi connectivity index (χ4n) is 5.66. The molecule has 0 spiro atoms. The largest absolute Gasteiger partial charge is 0.497 e. The number of para-hydroxylation sites is 2. The number of ether oxygens (including phenoxy) is 2. The van der Waals surface area contributed by atoms with Gasteiger partial charge < -0.3 is 20.1 Å². The van der Waals surface area contributed by atoms with Gasteiger partial charge in [0.2, 0.25) is 5.91 Å². The molecule has 1 unspecified atom stereocenters. The molecule has 0 aliphatic rings. The van der Waals surface area contributed by atoms with Crippen molar-refractivity contribution in [2.24, 2.45) is 0 Å². The zero-order valence-electron chi connectivity index (χ0n) is 27.3. The predicted octanol–water partition coefficient (Wildman–Crippen LogP) is 8.43. The molecule has 49 heavy (non-hydrogen) atoms. The van der Waals surface area contributed by atoms with E-state index in [0.717, 1.165) is 26.7 Å². The Morgan fingerprint density at radius 3 is 2.10 bits per heavy atom. The lowest BCUT2D eigenvalue weighted by molar-refractivity contribution is -0.113. The van der Waals surface area contributed by atoms with Crippen LogP contribution < -0.4 is 20.1 Å². The molecule has 0 saturated heterocycles. The second kappa shape index (κ2) is 15.0. The number of nitrogens with one attached hydrogen (secondary N) is 2. The van der Waals surface area contributed by atoms with Crippen LogP contribution in [0, 0.1) is 0 Å². The third kappa shape index (κ3) is 7.22. The van der Waals surface area contributed by atoms with Crippen LogP contribution in [0.5, 0.6) is 11.5 Å². The molecule has 2 amide bonds. The average Bonchev–Trinajstić information content (AvgIpc) is 3.48. The first-order valence-electron chi connectivity index (χ1n) is 15.8. The zero-order valence-corrected chi connectivity index (χ0v) is 28.1. The Bertz CT molecular complexity index is 2140. The van der Waals surface area contributed by atoms with Gasteiger partial charge in [0.25, 0.3) is 11.8 Å². The molecule has 0 aliphatic heterocycles. The van der Waals surface area contributed by atoms with E-state index in [1.54, 1.807) is 61.7 Å². The third-order valence-corrected chi connectivity index (χ3v) is 9.43. The van der Waals surface area contributed by atoms with E-state index in [0.29, 0.717) is 34.7 Å². The molecule has 9 heteroatoms. The minimum Gasteiger partial charge on any atom is -0.497 e. The zero-order chi connectivity index (χ0) is 34.3. The lowest BCUT2D eigenvalue weighted by atomic mass is 10.1. The van der Waals surface area contributed by atoms with Gasteiger partial charge in [-0.25, -0.2) is 0 Å². The van der Waals surface area contributed by atoms with Crippen molar-refractivity contribution in [1.29, 1.82) is 0 Å². The van der Waals surface area contributed by atoms with E-state index in [1.165, 1.54) is 18.9 Å². The highest BCUT2D eigenvalue weighted by atomic mass is 32.2. The van der Waals surface area contributed by atoms with Crippen LogP contribution >= 0.6 is 11.8 Å². The number of aromatic nitrogens is 1. The Morgan fingerprint density at radius 1 is 0.776 bits per heavy atom. The maximum Gasteiger partial charge on any atom is 0.272 e. The Balaban J connectivity index is 1.26. The standard InChI is InChI=1S/C40H35N3O5S/c1-4-37(40(46)43-34-19-10-8-17-31(34)32-18-9-11-20-35(32)43)49-30-16-12-15-28(24-30)41-39(45)33(42-38(44)26-13-6-5-7-14-26)23-27-21-22-29(47-2)25-36(27)48-3/h5-25,37H,4H2,1-3H3,(H,41,45)(H,42,44)/b33-23+. The van der Waals surface area contributed by atoms with Crippen LogP contribution in [0.15, 0.2) is 132 Å². The summed E-state index contributed by atoms with van der Waals surface area (Å²) in [5, 5.41) is 7.38. The molecule has 0 saturated carbocycles. The highest BCUT2D eigenvalue weighted by Crippen LogP contribution is 2.34. The summed E-state index contributed by atoms with van der Waals surface area (Å²) in [6.07, 6.45) is 2.16. The van der Waals surface area contributed by atoms with E-state index in [2.05, 4.69) is 10.6 Å². The monoisotopic (exact) mass is 669 g/mol. The van der Waals surface area contributed by atoms with Crippen molar-refractivity contribution in [3.05, 3.63) is 138 Å². The molecule has 2 N–H and O–H groups in total. The normalized spacial score (nSPS) is 12.0. The molecule has 5 aromatic carbocycles. The maximum atomic E-state index is 14.1. The lowest BCUT2D eigenvalue weighted by Gasteiger charge is -2.17. The molecule has 8 nitrogen and oxygen atoms in total. The number of rotatable bonds is 11. The summed E-state index contributed by atoms with van der Waals surface area (Å²) in [4.78, 5) is 41.9. The Labute approximate surface area is 288 Å². The summed E-state index contributed by atoms with van der Waals surface area (Å²) < 4.78 is 12.7. The van der Waals surface area contributed by atoms with Crippen LogP contribution in [0.1, 0.15) is 34.1 Å². The van der Waals surface area contributed by atoms with Gasteiger partial charge in [0, 0.05) is 38.5 Å². The summed E-state index contributed by atoms with van der Waals surface area (Å²) in [6.45, 7) is 2.00. The minimum absolute atomic E-state index is 0.0124. The third-order valence-electron chi connectivity index (χ3n) is 8.09. The number of fused-ring (bicyclic) bond motifs is 3. The highest BCUT2D eigenvalue weighted by Gasteiger charge is 2.24. The molecule has 0 aliphatic carbocycles. The van der Waals surface area contributed by atoms with Crippen LogP contribution in [-0.2, 0) is 4.79 Å². The molecule has 246 valence electrons. The first kappa shape index (κ1) is 33.1. The molecule has 1 heterocycles. The van der Waals surface area contributed by atoms with E-state index in [9.17, 15) is 14.4 Å². The highest BCUT2D eigenvalue weighted by molar-refractivity contribution is 8.00.